The average molecular weight is 390 g/mol. The van der Waals surface area contributed by atoms with Crippen molar-refractivity contribution in [1.82, 2.24) is 5.32 Å². The van der Waals surface area contributed by atoms with Crippen molar-refractivity contribution in [2.75, 3.05) is 5.32 Å². The van der Waals surface area contributed by atoms with Gasteiger partial charge in [0.15, 0.2) is 0 Å². The van der Waals surface area contributed by atoms with Crippen molar-refractivity contribution in [1.29, 1.82) is 0 Å². The van der Waals surface area contributed by atoms with Crippen molar-refractivity contribution in [3.8, 4) is 0 Å². The summed E-state index contributed by atoms with van der Waals surface area (Å²) < 4.78 is 0.926. The molecule has 3 N–H and O–H groups in total. The van der Waals surface area contributed by atoms with E-state index in [1.54, 1.807) is 19.1 Å². The third-order valence-electron chi connectivity index (χ3n) is 2.52. The number of aryl methyl sites for hydroxylation is 1. The molecule has 0 heterocycles. The summed E-state index contributed by atoms with van der Waals surface area (Å²) in [4.78, 5) is 34.1. The number of carboxylic acid groups (broad SMARTS) is 1. The van der Waals surface area contributed by atoms with E-state index in [0.717, 1.165) is 9.13 Å². The van der Waals surface area contributed by atoms with Gasteiger partial charge in [-0.15, -0.1) is 0 Å². The predicted molar refractivity (Wildman–Crippen MR) is 82.4 cm³/mol. The van der Waals surface area contributed by atoms with Crippen molar-refractivity contribution in [2.45, 2.75) is 26.3 Å². The maximum atomic E-state index is 11.7. The van der Waals surface area contributed by atoms with Crippen LogP contribution in [0.5, 0.6) is 0 Å². The van der Waals surface area contributed by atoms with E-state index in [4.69, 9.17) is 5.11 Å². The van der Waals surface area contributed by atoms with Gasteiger partial charge in [0.1, 0.15) is 6.04 Å². The first-order valence-corrected chi connectivity index (χ1v) is 7.03. The molecule has 20 heavy (non-hydrogen) atoms. The standard InChI is InChI=1S/C13H15IN2O4/c1-3-10(13(19)20)16-12(18)11(17)15-9-5-7(2)4-8(14)6-9/h4-6,10H,3H2,1-2H3,(H,15,17)(H,16,18)(H,19,20)/t10-/m0/s1. The minimum absolute atomic E-state index is 0.205. The number of amides is 2. The fourth-order valence-corrected chi connectivity index (χ4v) is 2.39. The Morgan fingerprint density at radius 1 is 1.25 bits per heavy atom. The van der Waals surface area contributed by atoms with E-state index < -0.39 is 23.8 Å². The van der Waals surface area contributed by atoms with Crippen LogP contribution in [0.2, 0.25) is 0 Å². The average Bonchev–Trinajstić information content (AvgIpc) is 2.33. The number of hydrogen-bond acceptors (Lipinski definition) is 3. The van der Waals surface area contributed by atoms with Crippen LogP contribution in [0.1, 0.15) is 18.9 Å². The minimum atomic E-state index is -1.17. The minimum Gasteiger partial charge on any atom is -0.480 e. The number of carboxylic acids is 1. The summed E-state index contributed by atoms with van der Waals surface area (Å²) in [6, 6.07) is 4.30. The molecule has 0 aliphatic rings. The highest BCUT2D eigenvalue weighted by molar-refractivity contribution is 14.1. The largest absolute Gasteiger partial charge is 0.480 e. The Hall–Kier alpha value is -1.64. The molecule has 0 saturated carbocycles. The number of anilines is 1. The van der Waals surface area contributed by atoms with Crippen LogP contribution in [0.4, 0.5) is 5.69 Å². The molecule has 1 rings (SSSR count). The number of nitrogens with one attached hydrogen (secondary N) is 2. The van der Waals surface area contributed by atoms with Gasteiger partial charge in [0.05, 0.1) is 0 Å². The van der Waals surface area contributed by atoms with Crippen LogP contribution in [0.15, 0.2) is 18.2 Å². The zero-order valence-corrected chi connectivity index (χ0v) is 13.2. The second-order valence-corrected chi connectivity index (χ2v) is 5.49. The predicted octanol–water partition coefficient (Wildman–Crippen LogP) is 1.52. The molecule has 0 bridgehead atoms. The summed E-state index contributed by atoms with van der Waals surface area (Å²) >= 11 is 2.10. The first-order chi connectivity index (χ1) is 9.33. The van der Waals surface area contributed by atoms with Gasteiger partial charge in [-0.25, -0.2) is 4.79 Å². The Balaban J connectivity index is 2.70. The van der Waals surface area contributed by atoms with Crippen LogP contribution in [-0.2, 0) is 14.4 Å². The molecule has 0 fully saturated rings. The number of halogens is 1. The molecule has 108 valence electrons. The van der Waals surface area contributed by atoms with Gasteiger partial charge in [-0.1, -0.05) is 6.92 Å². The summed E-state index contributed by atoms with van der Waals surface area (Å²) in [5.74, 6) is -3.01. The SMILES string of the molecule is CC[C@H](NC(=O)C(=O)Nc1cc(C)cc(I)c1)C(=O)O. The first kappa shape index (κ1) is 16.4. The lowest BCUT2D eigenvalue weighted by Crippen LogP contribution is -2.45. The Bertz CT molecular complexity index is 525. The van der Waals surface area contributed by atoms with Gasteiger partial charge < -0.3 is 15.7 Å². The van der Waals surface area contributed by atoms with Crippen LogP contribution >= 0.6 is 22.6 Å². The second-order valence-electron chi connectivity index (χ2n) is 4.24. The monoisotopic (exact) mass is 390 g/mol. The maximum absolute atomic E-state index is 11.7. The number of rotatable bonds is 4. The Labute approximate surface area is 130 Å². The zero-order valence-electron chi connectivity index (χ0n) is 11.1. The van der Waals surface area contributed by atoms with Gasteiger partial charge in [0, 0.05) is 9.26 Å². The number of hydrogen-bond donors (Lipinski definition) is 3. The summed E-state index contributed by atoms with van der Waals surface area (Å²) in [6.45, 7) is 3.48. The van der Waals surface area contributed by atoms with Crippen LogP contribution < -0.4 is 10.6 Å². The Morgan fingerprint density at radius 2 is 1.90 bits per heavy atom. The lowest BCUT2D eigenvalue weighted by molar-refractivity contribution is -0.143. The van der Waals surface area contributed by atoms with E-state index >= 15 is 0 Å². The highest BCUT2D eigenvalue weighted by Crippen LogP contribution is 2.15. The Kier molecular flexibility index (Phi) is 5.93. The number of carbonyl (C=O) groups is 3. The van der Waals surface area contributed by atoms with Gasteiger partial charge in [-0.3, -0.25) is 9.59 Å². The summed E-state index contributed by atoms with van der Waals surface area (Å²) in [5.41, 5.74) is 1.45. The molecule has 1 atom stereocenters. The molecular weight excluding hydrogens is 375 g/mol. The summed E-state index contributed by atoms with van der Waals surface area (Å²) in [5, 5.41) is 13.4. The van der Waals surface area contributed by atoms with Crippen LogP contribution in [0.3, 0.4) is 0 Å². The lowest BCUT2D eigenvalue weighted by atomic mass is 10.2. The second kappa shape index (κ2) is 7.22. The van der Waals surface area contributed by atoms with Crippen molar-refractivity contribution in [3.63, 3.8) is 0 Å². The molecule has 0 saturated heterocycles. The van der Waals surface area contributed by atoms with E-state index in [0.29, 0.717) is 5.69 Å². The first-order valence-electron chi connectivity index (χ1n) is 5.95. The lowest BCUT2D eigenvalue weighted by Gasteiger charge is -2.12. The van der Waals surface area contributed by atoms with Gasteiger partial charge >= 0.3 is 17.8 Å². The van der Waals surface area contributed by atoms with E-state index in [9.17, 15) is 14.4 Å². The normalized spacial score (nSPS) is 11.6. The van der Waals surface area contributed by atoms with Crippen molar-refractivity contribution >= 4 is 46.1 Å². The van der Waals surface area contributed by atoms with Crippen molar-refractivity contribution in [2.24, 2.45) is 0 Å². The molecule has 7 heteroatoms. The van der Waals surface area contributed by atoms with E-state index in [2.05, 4.69) is 33.2 Å². The van der Waals surface area contributed by atoms with Crippen molar-refractivity contribution < 1.29 is 19.5 Å². The molecule has 0 aliphatic carbocycles. The van der Waals surface area contributed by atoms with Crippen LogP contribution in [0, 0.1) is 10.5 Å². The molecular formula is C13H15IN2O4. The third-order valence-corrected chi connectivity index (χ3v) is 3.14. The van der Waals surface area contributed by atoms with Crippen molar-refractivity contribution in [3.05, 3.63) is 27.3 Å². The van der Waals surface area contributed by atoms with Gasteiger partial charge in [-0.2, -0.15) is 0 Å². The highest BCUT2D eigenvalue weighted by Gasteiger charge is 2.22. The molecule has 1 aromatic carbocycles. The van der Waals surface area contributed by atoms with E-state index in [1.165, 1.54) is 0 Å². The molecule has 0 aromatic heterocycles. The molecule has 1 aromatic rings. The molecule has 2 amide bonds. The van der Waals surface area contributed by atoms with Gasteiger partial charge in [0.2, 0.25) is 0 Å². The smallest absolute Gasteiger partial charge is 0.326 e. The zero-order chi connectivity index (χ0) is 15.3. The third kappa shape index (κ3) is 4.80. The van der Waals surface area contributed by atoms with E-state index in [-0.39, 0.29) is 6.42 Å². The fraction of sp³-hybridized carbons (Fsp3) is 0.308. The fourth-order valence-electron chi connectivity index (χ4n) is 1.56. The van der Waals surface area contributed by atoms with E-state index in [1.807, 2.05) is 13.0 Å². The Morgan fingerprint density at radius 3 is 2.40 bits per heavy atom. The summed E-state index contributed by atoms with van der Waals surface area (Å²) in [6.07, 6.45) is 0.205. The quantitative estimate of drug-likeness (QED) is 0.537. The highest BCUT2D eigenvalue weighted by atomic mass is 127. The van der Waals surface area contributed by atoms with Crippen LogP contribution in [0.25, 0.3) is 0 Å². The van der Waals surface area contributed by atoms with Gasteiger partial charge in [-0.05, 0) is 59.7 Å². The van der Waals surface area contributed by atoms with Gasteiger partial charge in [0.25, 0.3) is 0 Å². The number of carbonyl (C=O) groups excluding carboxylic acids is 2. The maximum Gasteiger partial charge on any atom is 0.326 e. The molecule has 0 spiro atoms. The topological polar surface area (TPSA) is 95.5 Å². The number of aliphatic carboxylic acids is 1. The molecule has 6 nitrogen and oxygen atoms in total. The molecule has 0 aliphatic heterocycles. The molecule has 0 radical (unpaired) electrons. The molecule has 0 unspecified atom stereocenters. The van der Waals surface area contributed by atoms with Crippen LogP contribution in [-0.4, -0.2) is 28.9 Å². The summed E-state index contributed by atoms with van der Waals surface area (Å²) in [7, 11) is 0. The number of benzene rings is 1.